The molecule has 2 aromatic rings. The van der Waals surface area contributed by atoms with Crippen LogP contribution in [0.25, 0.3) is 0 Å². The van der Waals surface area contributed by atoms with E-state index in [1.165, 1.54) is 29.5 Å². The van der Waals surface area contributed by atoms with Gasteiger partial charge in [0.2, 0.25) is 5.91 Å². The molecule has 104 valence electrons. The van der Waals surface area contributed by atoms with E-state index in [9.17, 15) is 9.59 Å². The Kier molecular flexibility index (Phi) is 4.09. The normalized spacial score (nSPS) is 11.8. The number of carbonyl (C=O) groups is 2. The van der Waals surface area contributed by atoms with Crippen molar-refractivity contribution in [3.8, 4) is 0 Å². The molecule has 0 spiro atoms. The fourth-order valence-corrected chi connectivity index (χ4v) is 1.64. The highest BCUT2D eigenvalue weighted by molar-refractivity contribution is 5.87. The van der Waals surface area contributed by atoms with Crippen molar-refractivity contribution in [3.63, 3.8) is 0 Å². The van der Waals surface area contributed by atoms with Gasteiger partial charge in [-0.2, -0.15) is 5.10 Å². The van der Waals surface area contributed by atoms with Gasteiger partial charge in [0.05, 0.1) is 5.56 Å². The van der Waals surface area contributed by atoms with Gasteiger partial charge in [0, 0.05) is 6.54 Å². The van der Waals surface area contributed by atoms with Crippen molar-refractivity contribution in [2.24, 2.45) is 0 Å². The zero-order valence-corrected chi connectivity index (χ0v) is 10.9. The number of aromatic nitrogens is 3. The van der Waals surface area contributed by atoms with Crippen molar-refractivity contribution < 1.29 is 14.7 Å². The predicted octanol–water partition coefficient (Wildman–Crippen LogP) is 0.854. The second-order valence-electron chi connectivity index (χ2n) is 4.27. The van der Waals surface area contributed by atoms with Crippen LogP contribution < -0.4 is 5.32 Å². The van der Waals surface area contributed by atoms with Crippen molar-refractivity contribution in [2.45, 2.75) is 19.5 Å². The summed E-state index contributed by atoms with van der Waals surface area (Å²) in [6.07, 6.45) is 2.85. The van der Waals surface area contributed by atoms with Crippen LogP contribution in [0, 0.1) is 0 Å². The van der Waals surface area contributed by atoms with Gasteiger partial charge in [0.25, 0.3) is 0 Å². The van der Waals surface area contributed by atoms with Gasteiger partial charge in [-0.25, -0.2) is 14.5 Å². The molecule has 2 N–H and O–H groups in total. The van der Waals surface area contributed by atoms with E-state index in [0.29, 0.717) is 6.54 Å². The summed E-state index contributed by atoms with van der Waals surface area (Å²) in [6.45, 7) is 2.05. The number of nitrogens with one attached hydrogen (secondary N) is 1. The maximum atomic E-state index is 11.9. The molecule has 1 heterocycles. The Morgan fingerprint density at radius 1 is 1.35 bits per heavy atom. The van der Waals surface area contributed by atoms with Crippen LogP contribution in [0.2, 0.25) is 0 Å². The summed E-state index contributed by atoms with van der Waals surface area (Å²) in [5.41, 5.74) is 1.05. The van der Waals surface area contributed by atoms with E-state index in [-0.39, 0.29) is 11.5 Å². The third-order valence-electron chi connectivity index (χ3n) is 2.88. The molecule has 7 heteroatoms. The van der Waals surface area contributed by atoms with Gasteiger partial charge in [-0.15, -0.1) is 0 Å². The average molecular weight is 274 g/mol. The minimum absolute atomic E-state index is 0.183. The first-order chi connectivity index (χ1) is 9.58. The van der Waals surface area contributed by atoms with Crippen molar-refractivity contribution in [3.05, 3.63) is 48.0 Å². The van der Waals surface area contributed by atoms with Crippen molar-refractivity contribution in [1.29, 1.82) is 0 Å². The molecule has 0 aliphatic carbocycles. The highest BCUT2D eigenvalue weighted by atomic mass is 16.4. The molecule has 0 saturated heterocycles. The van der Waals surface area contributed by atoms with Crippen LogP contribution in [0.1, 0.15) is 28.9 Å². The summed E-state index contributed by atoms with van der Waals surface area (Å²) in [5.74, 6) is -1.15. The summed E-state index contributed by atoms with van der Waals surface area (Å²) in [6, 6.07) is 5.90. The van der Waals surface area contributed by atoms with Crippen molar-refractivity contribution in [1.82, 2.24) is 20.1 Å². The lowest BCUT2D eigenvalue weighted by Crippen LogP contribution is -2.30. The van der Waals surface area contributed by atoms with Crippen molar-refractivity contribution in [2.75, 3.05) is 0 Å². The Labute approximate surface area is 115 Å². The molecule has 1 amide bonds. The van der Waals surface area contributed by atoms with Gasteiger partial charge in [-0.1, -0.05) is 12.1 Å². The smallest absolute Gasteiger partial charge is 0.335 e. The molecular formula is C13H14N4O3. The standard InChI is InChI=1S/C13H14N4O3/c1-9(17-8-14-7-16-17)12(18)15-6-10-2-4-11(5-3-10)13(19)20/h2-5,7-9H,6H2,1H3,(H,15,18)(H,19,20). The Morgan fingerprint density at radius 3 is 2.60 bits per heavy atom. The number of carboxylic acids is 1. The lowest BCUT2D eigenvalue weighted by Gasteiger charge is -2.12. The first-order valence-corrected chi connectivity index (χ1v) is 6.02. The number of nitrogens with zero attached hydrogens (tertiary/aromatic N) is 3. The third kappa shape index (κ3) is 3.19. The number of carbonyl (C=O) groups excluding carboxylic acids is 1. The van der Waals surface area contributed by atoms with E-state index in [4.69, 9.17) is 5.11 Å². The van der Waals surface area contributed by atoms with Gasteiger partial charge in [-0.05, 0) is 24.6 Å². The van der Waals surface area contributed by atoms with Crippen LogP contribution in [0.3, 0.4) is 0 Å². The minimum atomic E-state index is -0.972. The van der Waals surface area contributed by atoms with Crippen LogP contribution in [0.5, 0.6) is 0 Å². The molecule has 0 aliphatic heterocycles. The zero-order valence-electron chi connectivity index (χ0n) is 10.9. The molecule has 1 aromatic heterocycles. The molecule has 0 aliphatic rings. The Bertz CT molecular complexity index is 593. The Hall–Kier alpha value is -2.70. The van der Waals surface area contributed by atoms with E-state index >= 15 is 0 Å². The minimum Gasteiger partial charge on any atom is -0.478 e. The quantitative estimate of drug-likeness (QED) is 0.842. The fourth-order valence-electron chi connectivity index (χ4n) is 1.64. The second kappa shape index (κ2) is 5.96. The summed E-state index contributed by atoms with van der Waals surface area (Å²) in [5, 5.41) is 15.5. The van der Waals surface area contributed by atoms with Gasteiger partial charge >= 0.3 is 5.97 Å². The number of aromatic carboxylic acids is 1. The number of hydrogen-bond acceptors (Lipinski definition) is 4. The lowest BCUT2D eigenvalue weighted by molar-refractivity contribution is -0.124. The van der Waals surface area contributed by atoms with Gasteiger partial charge in [-0.3, -0.25) is 4.79 Å². The van der Waals surface area contributed by atoms with E-state index in [1.54, 1.807) is 19.1 Å². The predicted molar refractivity (Wildman–Crippen MR) is 70.0 cm³/mol. The topological polar surface area (TPSA) is 97.1 Å². The van der Waals surface area contributed by atoms with E-state index in [0.717, 1.165) is 5.56 Å². The van der Waals surface area contributed by atoms with E-state index in [1.807, 2.05) is 0 Å². The van der Waals surface area contributed by atoms with Crippen LogP contribution in [0.15, 0.2) is 36.9 Å². The molecule has 1 aromatic carbocycles. The summed E-state index contributed by atoms with van der Waals surface area (Å²) in [7, 11) is 0. The highest BCUT2D eigenvalue weighted by Gasteiger charge is 2.14. The SMILES string of the molecule is CC(C(=O)NCc1ccc(C(=O)O)cc1)n1cncn1. The van der Waals surface area contributed by atoms with Gasteiger partial charge < -0.3 is 10.4 Å². The third-order valence-corrected chi connectivity index (χ3v) is 2.88. The molecule has 0 fully saturated rings. The molecule has 2 rings (SSSR count). The number of benzene rings is 1. The summed E-state index contributed by atoms with van der Waals surface area (Å²) >= 11 is 0. The first-order valence-electron chi connectivity index (χ1n) is 6.02. The van der Waals surface area contributed by atoms with Gasteiger partial charge in [0.15, 0.2) is 0 Å². The summed E-state index contributed by atoms with van der Waals surface area (Å²) < 4.78 is 1.46. The maximum Gasteiger partial charge on any atom is 0.335 e. The Morgan fingerprint density at radius 2 is 2.05 bits per heavy atom. The first kappa shape index (κ1) is 13.7. The largest absolute Gasteiger partial charge is 0.478 e. The fraction of sp³-hybridized carbons (Fsp3) is 0.231. The molecule has 1 atom stereocenters. The number of rotatable bonds is 5. The van der Waals surface area contributed by atoms with Crippen LogP contribution in [-0.4, -0.2) is 31.7 Å². The number of amides is 1. The second-order valence-corrected chi connectivity index (χ2v) is 4.27. The average Bonchev–Trinajstić information content (AvgIpc) is 2.98. The lowest BCUT2D eigenvalue weighted by atomic mass is 10.1. The van der Waals surface area contributed by atoms with Crippen LogP contribution in [-0.2, 0) is 11.3 Å². The van der Waals surface area contributed by atoms with Crippen molar-refractivity contribution >= 4 is 11.9 Å². The maximum absolute atomic E-state index is 11.9. The number of hydrogen-bond donors (Lipinski definition) is 2. The zero-order chi connectivity index (χ0) is 14.5. The molecule has 0 saturated carbocycles. The van der Waals surface area contributed by atoms with Gasteiger partial charge in [0.1, 0.15) is 18.7 Å². The highest BCUT2D eigenvalue weighted by Crippen LogP contribution is 2.06. The molecule has 0 bridgehead atoms. The van der Waals surface area contributed by atoms with Crippen LogP contribution in [0.4, 0.5) is 0 Å². The van der Waals surface area contributed by atoms with E-state index < -0.39 is 12.0 Å². The summed E-state index contributed by atoms with van der Waals surface area (Å²) in [4.78, 5) is 26.4. The number of carboxylic acid groups (broad SMARTS) is 1. The van der Waals surface area contributed by atoms with Crippen LogP contribution >= 0.6 is 0 Å². The Balaban J connectivity index is 1.91. The molecule has 1 unspecified atom stereocenters. The molecular weight excluding hydrogens is 260 g/mol. The van der Waals surface area contributed by atoms with E-state index in [2.05, 4.69) is 15.4 Å². The monoisotopic (exact) mass is 274 g/mol. The molecule has 0 radical (unpaired) electrons. The molecule has 20 heavy (non-hydrogen) atoms. The molecule has 7 nitrogen and oxygen atoms in total.